The molecule has 5 heavy (non-hydrogen) atoms. The van der Waals surface area contributed by atoms with E-state index in [-0.39, 0.29) is 8.61 Å². The number of nitrogens with zero attached hydrogens (tertiary/aromatic N) is 1. The van der Waals surface area contributed by atoms with Gasteiger partial charge in [-0.15, -0.1) is 0 Å². The van der Waals surface area contributed by atoms with Gasteiger partial charge in [-0.1, -0.05) is 0 Å². The molecular formula is C2H2NOP. The first kappa shape index (κ1) is 2.86. The molecule has 1 aliphatic rings. The maximum absolute atomic E-state index is 9.53. The standard InChI is InChI=1S/C2H2NOP/c4-5-3-1-2-3/h1-2H. The fraction of sp³-hybridized carbons (Fsp3) is 0. The highest BCUT2D eigenvalue weighted by atomic mass is 31.1. The predicted molar refractivity (Wildman–Crippen MR) is 18.6 cm³/mol. The van der Waals surface area contributed by atoms with E-state index in [9.17, 15) is 4.57 Å². The first-order chi connectivity index (χ1) is 2.43. The molecule has 0 fully saturated rings. The molecule has 0 bridgehead atoms. The molecule has 1 rings (SSSR count). The molecule has 0 amide bonds. The summed E-state index contributed by atoms with van der Waals surface area (Å²) in [5, 5.41) is 0. The second-order valence-corrected chi connectivity index (χ2v) is 1.38. The Bertz CT molecular complexity index is 73.7. The minimum Gasteiger partial charge on any atom is -0.271 e. The zero-order valence-corrected chi connectivity index (χ0v) is 3.35. The van der Waals surface area contributed by atoms with Gasteiger partial charge in [0.25, 0.3) is 8.61 Å². The smallest absolute Gasteiger partial charge is 0.271 e. The molecule has 0 saturated carbocycles. The van der Waals surface area contributed by atoms with Gasteiger partial charge in [0.1, 0.15) is 0 Å². The van der Waals surface area contributed by atoms with Crippen LogP contribution in [0.25, 0.3) is 0 Å². The van der Waals surface area contributed by atoms with Crippen LogP contribution >= 0.6 is 8.61 Å². The maximum Gasteiger partial charge on any atom is 0.286 e. The van der Waals surface area contributed by atoms with Gasteiger partial charge >= 0.3 is 0 Å². The van der Waals surface area contributed by atoms with Crippen LogP contribution in [0.2, 0.25) is 0 Å². The molecule has 1 heterocycles. The van der Waals surface area contributed by atoms with Gasteiger partial charge in [0.05, 0.1) is 0 Å². The molecule has 0 unspecified atom stereocenters. The second kappa shape index (κ2) is 0.798. The van der Waals surface area contributed by atoms with Crippen LogP contribution in [0, 0.1) is 0 Å². The van der Waals surface area contributed by atoms with Crippen molar-refractivity contribution in [2.45, 2.75) is 0 Å². The minimum absolute atomic E-state index is 0.0802. The van der Waals surface area contributed by atoms with E-state index >= 15 is 0 Å². The molecule has 0 spiro atoms. The third kappa shape index (κ3) is 0.455. The molecule has 26 valence electrons. The molecule has 0 aromatic heterocycles. The van der Waals surface area contributed by atoms with Gasteiger partial charge in [0.2, 0.25) is 0 Å². The zero-order chi connectivity index (χ0) is 3.70. The Kier molecular flexibility index (Phi) is 0.455. The molecule has 0 radical (unpaired) electrons. The van der Waals surface area contributed by atoms with Crippen LogP contribution in [0.1, 0.15) is 0 Å². The SMILES string of the molecule is O=PN1C=C1. The first-order valence-electron chi connectivity index (χ1n) is 1.23. The van der Waals surface area contributed by atoms with Gasteiger partial charge in [-0.25, -0.2) is 4.57 Å². The van der Waals surface area contributed by atoms with E-state index in [2.05, 4.69) is 0 Å². The Morgan fingerprint density at radius 1 is 1.60 bits per heavy atom. The molecule has 0 aromatic carbocycles. The van der Waals surface area contributed by atoms with E-state index < -0.39 is 0 Å². The summed E-state index contributed by atoms with van der Waals surface area (Å²) in [5.41, 5.74) is 0. The Morgan fingerprint density at radius 2 is 2.20 bits per heavy atom. The second-order valence-electron chi connectivity index (χ2n) is 0.760. The summed E-state index contributed by atoms with van der Waals surface area (Å²) in [6, 6.07) is 0. The molecule has 0 aromatic rings. The lowest BCUT2D eigenvalue weighted by atomic mass is 11.3. The van der Waals surface area contributed by atoms with Crippen molar-refractivity contribution < 1.29 is 4.57 Å². The Balaban J connectivity index is 2.28. The lowest BCUT2D eigenvalue weighted by Crippen LogP contribution is -1.60. The molecule has 0 N–H and O–H groups in total. The van der Waals surface area contributed by atoms with E-state index in [1.165, 1.54) is 0 Å². The van der Waals surface area contributed by atoms with Crippen molar-refractivity contribution in [2.24, 2.45) is 0 Å². The van der Waals surface area contributed by atoms with Gasteiger partial charge in [-0.2, -0.15) is 0 Å². The van der Waals surface area contributed by atoms with Gasteiger partial charge in [0, 0.05) is 12.4 Å². The summed E-state index contributed by atoms with van der Waals surface area (Å²) >= 11 is 0. The number of hydrogen-bond donors (Lipinski definition) is 0. The van der Waals surface area contributed by atoms with E-state index in [4.69, 9.17) is 0 Å². The van der Waals surface area contributed by atoms with Gasteiger partial charge in [0.15, 0.2) is 0 Å². The molecule has 0 saturated heterocycles. The molecular weight excluding hydrogens is 85.0 g/mol. The quantitative estimate of drug-likeness (QED) is 0.444. The third-order valence-corrected chi connectivity index (χ3v) is 0.832. The lowest BCUT2D eigenvalue weighted by molar-refractivity contribution is 0.585. The summed E-state index contributed by atoms with van der Waals surface area (Å²) in [5.74, 6) is 0. The van der Waals surface area contributed by atoms with Crippen LogP contribution in [-0.4, -0.2) is 4.67 Å². The number of hydrogen-bond acceptors (Lipinski definition) is 1. The maximum atomic E-state index is 9.53. The van der Waals surface area contributed by atoms with E-state index in [1.54, 1.807) is 17.1 Å². The van der Waals surface area contributed by atoms with Crippen molar-refractivity contribution in [3.8, 4) is 0 Å². The summed E-state index contributed by atoms with van der Waals surface area (Å²) in [6.07, 6.45) is 3.46. The molecule has 0 aliphatic carbocycles. The molecule has 3 heteroatoms. The molecule has 0 atom stereocenters. The summed E-state index contributed by atoms with van der Waals surface area (Å²) in [7, 11) is 0.0802. The van der Waals surface area contributed by atoms with Crippen molar-refractivity contribution in [1.82, 2.24) is 4.67 Å². The highest BCUT2D eigenvalue weighted by Gasteiger charge is 2.00. The van der Waals surface area contributed by atoms with Crippen molar-refractivity contribution in [2.75, 3.05) is 0 Å². The summed E-state index contributed by atoms with van der Waals surface area (Å²) < 4.78 is 11.1. The molecule has 1 aliphatic heterocycles. The Morgan fingerprint density at radius 3 is 2.20 bits per heavy atom. The van der Waals surface area contributed by atoms with E-state index in [0.717, 1.165) is 0 Å². The van der Waals surface area contributed by atoms with Crippen molar-refractivity contribution in [3.05, 3.63) is 12.4 Å². The average Bonchev–Trinajstić information content (AvgIpc) is 2.12. The van der Waals surface area contributed by atoms with Gasteiger partial charge in [-0.3, -0.25) is 4.67 Å². The third-order valence-electron chi connectivity index (χ3n) is 0.377. The Hall–Kier alpha value is -0.360. The monoisotopic (exact) mass is 87.0 g/mol. The fourth-order valence-corrected chi connectivity index (χ4v) is 0.253. The van der Waals surface area contributed by atoms with Crippen molar-refractivity contribution in [3.63, 3.8) is 0 Å². The normalized spacial score (nSPS) is 17.2. The number of rotatable bonds is 1. The van der Waals surface area contributed by atoms with Crippen LogP contribution < -0.4 is 0 Å². The van der Waals surface area contributed by atoms with Gasteiger partial charge in [-0.05, 0) is 0 Å². The highest BCUT2D eigenvalue weighted by Crippen LogP contribution is 2.16. The van der Waals surface area contributed by atoms with E-state index in [0.29, 0.717) is 0 Å². The largest absolute Gasteiger partial charge is 0.286 e. The van der Waals surface area contributed by atoms with Gasteiger partial charge < -0.3 is 0 Å². The molecule has 2 nitrogen and oxygen atoms in total. The predicted octanol–water partition coefficient (Wildman–Crippen LogP) is 0.980. The average molecular weight is 87.0 g/mol. The van der Waals surface area contributed by atoms with Crippen molar-refractivity contribution >= 4 is 8.61 Å². The summed E-state index contributed by atoms with van der Waals surface area (Å²) in [6.45, 7) is 0. The van der Waals surface area contributed by atoms with Crippen LogP contribution in [0.15, 0.2) is 12.4 Å². The van der Waals surface area contributed by atoms with Crippen LogP contribution in [0.4, 0.5) is 0 Å². The first-order valence-corrected chi connectivity index (χ1v) is 2.00. The zero-order valence-electron chi connectivity index (χ0n) is 2.46. The Labute approximate surface area is 31.3 Å². The lowest BCUT2D eigenvalue weighted by Gasteiger charge is -1.70. The highest BCUT2D eigenvalue weighted by molar-refractivity contribution is 7.21. The topological polar surface area (TPSA) is 20.1 Å². The van der Waals surface area contributed by atoms with Crippen LogP contribution in [0.3, 0.4) is 0 Å². The minimum atomic E-state index is 0.0802. The van der Waals surface area contributed by atoms with Crippen LogP contribution in [0.5, 0.6) is 0 Å². The van der Waals surface area contributed by atoms with Crippen LogP contribution in [-0.2, 0) is 4.57 Å². The fourth-order valence-electron chi connectivity index (χ4n) is 0.0842. The summed E-state index contributed by atoms with van der Waals surface area (Å²) in [4.78, 5) is 0. The van der Waals surface area contributed by atoms with Crippen molar-refractivity contribution in [1.29, 1.82) is 0 Å². The van der Waals surface area contributed by atoms with E-state index in [1.807, 2.05) is 0 Å².